The highest BCUT2D eigenvalue weighted by molar-refractivity contribution is 6.30. The number of carbonyl (C=O) groups excluding carboxylic acids is 1. The largest absolute Gasteiger partial charge is 0.299 e. The number of rotatable bonds is 5. The van der Waals surface area contributed by atoms with Crippen LogP contribution in [0.25, 0.3) is 0 Å². The topological polar surface area (TPSA) is 17.1 Å². The summed E-state index contributed by atoms with van der Waals surface area (Å²) in [6.45, 7) is 0. The zero-order valence-electron chi connectivity index (χ0n) is 9.01. The first kappa shape index (κ1) is 11.6. The molecule has 1 aliphatic rings. The van der Waals surface area contributed by atoms with Crippen LogP contribution >= 0.6 is 11.6 Å². The van der Waals surface area contributed by atoms with Crippen molar-refractivity contribution in [1.82, 2.24) is 0 Å². The molecule has 3 heteroatoms. The van der Waals surface area contributed by atoms with Crippen molar-refractivity contribution in [3.8, 4) is 0 Å². The van der Waals surface area contributed by atoms with Crippen molar-refractivity contribution in [2.45, 2.75) is 32.1 Å². The highest BCUT2D eigenvalue weighted by atomic mass is 35.5. The second-order valence-electron chi connectivity index (χ2n) is 4.41. The molecule has 1 aliphatic carbocycles. The Balaban J connectivity index is 1.91. The molecule has 0 radical (unpaired) electrons. The summed E-state index contributed by atoms with van der Waals surface area (Å²) in [6.07, 6.45) is 4.19. The van der Waals surface area contributed by atoms with Gasteiger partial charge in [0.05, 0.1) is 5.02 Å². The molecule has 0 spiro atoms. The molecule has 0 aromatic heterocycles. The van der Waals surface area contributed by atoms with Crippen LogP contribution in [-0.2, 0) is 11.2 Å². The van der Waals surface area contributed by atoms with Crippen LogP contribution in [0.5, 0.6) is 0 Å². The molecule has 0 aliphatic heterocycles. The molecule has 1 nitrogen and oxygen atoms in total. The second-order valence-corrected chi connectivity index (χ2v) is 4.82. The number of halogens is 2. The Morgan fingerprint density at radius 2 is 2.19 bits per heavy atom. The monoisotopic (exact) mass is 240 g/mol. The summed E-state index contributed by atoms with van der Waals surface area (Å²) < 4.78 is 13.5. The smallest absolute Gasteiger partial charge is 0.145 e. The lowest BCUT2D eigenvalue weighted by Crippen LogP contribution is -2.05. The first-order valence-corrected chi connectivity index (χ1v) is 5.99. The maximum Gasteiger partial charge on any atom is 0.145 e. The van der Waals surface area contributed by atoms with Gasteiger partial charge >= 0.3 is 0 Å². The Kier molecular flexibility index (Phi) is 3.59. The molecule has 2 rings (SSSR count). The van der Waals surface area contributed by atoms with E-state index in [4.69, 9.17) is 11.6 Å². The minimum absolute atomic E-state index is 0.0903. The second kappa shape index (κ2) is 4.96. The molecule has 0 saturated heterocycles. The zero-order valence-corrected chi connectivity index (χ0v) is 9.77. The third-order valence-corrected chi connectivity index (χ3v) is 3.24. The predicted octanol–water partition coefficient (Wildman–Crippen LogP) is 3.78. The molecule has 0 N–H and O–H groups in total. The number of Topliss-reactive ketones (excluding diaryl/α,β-unsaturated/α-hetero) is 1. The molecule has 16 heavy (non-hydrogen) atoms. The Morgan fingerprint density at radius 1 is 1.44 bits per heavy atom. The lowest BCUT2D eigenvalue weighted by atomic mass is 10.0. The third-order valence-electron chi connectivity index (χ3n) is 2.95. The molecule has 1 saturated carbocycles. The van der Waals surface area contributed by atoms with Crippen LogP contribution in [0.15, 0.2) is 18.2 Å². The normalized spacial score (nSPS) is 15.1. The Bertz CT molecular complexity index is 399. The van der Waals surface area contributed by atoms with Gasteiger partial charge in [-0.1, -0.05) is 36.6 Å². The molecule has 1 aromatic rings. The van der Waals surface area contributed by atoms with Crippen LogP contribution in [0.3, 0.4) is 0 Å². The van der Waals surface area contributed by atoms with Crippen LogP contribution in [0.4, 0.5) is 4.39 Å². The molecular weight excluding hydrogens is 227 g/mol. The molecular formula is C13H14ClFO. The van der Waals surface area contributed by atoms with E-state index in [0.717, 1.165) is 12.3 Å². The van der Waals surface area contributed by atoms with Crippen LogP contribution < -0.4 is 0 Å². The van der Waals surface area contributed by atoms with Gasteiger partial charge in [0.1, 0.15) is 11.6 Å². The van der Waals surface area contributed by atoms with E-state index in [1.165, 1.54) is 18.9 Å². The Labute approximate surface area is 99.6 Å². The fraction of sp³-hybridized carbons (Fsp3) is 0.462. The van der Waals surface area contributed by atoms with Crippen LogP contribution in [0.2, 0.25) is 5.02 Å². The van der Waals surface area contributed by atoms with Crippen molar-refractivity contribution in [2.24, 2.45) is 5.92 Å². The van der Waals surface area contributed by atoms with E-state index >= 15 is 0 Å². The number of ketones is 1. The van der Waals surface area contributed by atoms with E-state index in [9.17, 15) is 9.18 Å². The van der Waals surface area contributed by atoms with Crippen LogP contribution in [0.1, 0.15) is 31.2 Å². The van der Waals surface area contributed by atoms with Gasteiger partial charge in [0, 0.05) is 12.8 Å². The van der Waals surface area contributed by atoms with Gasteiger partial charge in [0.2, 0.25) is 0 Å². The van der Waals surface area contributed by atoms with E-state index in [2.05, 4.69) is 0 Å². The van der Waals surface area contributed by atoms with Crippen molar-refractivity contribution in [2.75, 3.05) is 0 Å². The molecule has 0 atom stereocenters. The molecule has 0 heterocycles. The van der Waals surface area contributed by atoms with Crippen molar-refractivity contribution in [3.63, 3.8) is 0 Å². The summed E-state index contributed by atoms with van der Waals surface area (Å²) in [5.41, 5.74) is 0.410. The van der Waals surface area contributed by atoms with Gasteiger partial charge in [-0.05, 0) is 24.0 Å². The number of hydrogen-bond acceptors (Lipinski definition) is 1. The third kappa shape index (κ3) is 3.05. The summed E-state index contributed by atoms with van der Waals surface area (Å²) in [7, 11) is 0. The highest BCUT2D eigenvalue weighted by Crippen LogP contribution is 2.33. The van der Waals surface area contributed by atoms with E-state index in [1.807, 2.05) is 0 Å². The van der Waals surface area contributed by atoms with Gasteiger partial charge < -0.3 is 0 Å². The summed E-state index contributed by atoms with van der Waals surface area (Å²) in [4.78, 5) is 11.6. The average molecular weight is 241 g/mol. The summed E-state index contributed by atoms with van der Waals surface area (Å²) in [5.74, 6) is 0.394. The lowest BCUT2D eigenvalue weighted by molar-refractivity contribution is -0.118. The van der Waals surface area contributed by atoms with Gasteiger partial charge in [-0.2, -0.15) is 0 Å². The molecule has 0 bridgehead atoms. The lowest BCUT2D eigenvalue weighted by Gasteiger charge is -2.03. The van der Waals surface area contributed by atoms with E-state index in [-0.39, 0.29) is 17.2 Å². The zero-order chi connectivity index (χ0) is 11.5. The number of benzene rings is 1. The SMILES string of the molecule is O=C(CCC1CC1)Cc1cccc(Cl)c1F. The number of hydrogen-bond donors (Lipinski definition) is 0. The van der Waals surface area contributed by atoms with Crippen molar-refractivity contribution < 1.29 is 9.18 Å². The first-order valence-electron chi connectivity index (χ1n) is 5.61. The molecule has 0 amide bonds. The van der Waals surface area contributed by atoms with Crippen LogP contribution in [-0.4, -0.2) is 5.78 Å². The molecule has 0 unspecified atom stereocenters. The van der Waals surface area contributed by atoms with E-state index < -0.39 is 5.82 Å². The molecule has 86 valence electrons. The standard InChI is InChI=1S/C13H14ClFO/c14-12-3-1-2-10(13(12)15)8-11(16)7-6-9-4-5-9/h1-3,9H,4-8H2. The first-order chi connectivity index (χ1) is 7.66. The van der Waals surface area contributed by atoms with Crippen molar-refractivity contribution in [1.29, 1.82) is 0 Å². The highest BCUT2D eigenvalue weighted by Gasteiger charge is 2.22. The van der Waals surface area contributed by atoms with E-state index in [1.54, 1.807) is 12.1 Å². The summed E-state index contributed by atoms with van der Waals surface area (Å²) >= 11 is 5.65. The molecule has 1 aromatic carbocycles. The van der Waals surface area contributed by atoms with Gasteiger partial charge in [-0.15, -0.1) is 0 Å². The minimum atomic E-state index is -0.455. The predicted molar refractivity (Wildman–Crippen MR) is 62.1 cm³/mol. The quantitative estimate of drug-likeness (QED) is 0.766. The van der Waals surface area contributed by atoms with Gasteiger partial charge in [-0.3, -0.25) is 4.79 Å². The maximum atomic E-state index is 13.5. The van der Waals surface area contributed by atoms with E-state index in [0.29, 0.717) is 12.0 Å². The van der Waals surface area contributed by atoms with Gasteiger partial charge in [-0.25, -0.2) is 4.39 Å². The summed E-state index contributed by atoms with van der Waals surface area (Å²) in [6, 6.07) is 4.79. The Morgan fingerprint density at radius 3 is 2.88 bits per heavy atom. The fourth-order valence-electron chi connectivity index (χ4n) is 1.76. The fourth-order valence-corrected chi connectivity index (χ4v) is 1.95. The van der Waals surface area contributed by atoms with Gasteiger partial charge in [0.25, 0.3) is 0 Å². The van der Waals surface area contributed by atoms with Crippen molar-refractivity contribution >= 4 is 17.4 Å². The minimum Gasteiger partial charge on any atom is -0.299 e. The average Bonchev–Trinajstić information content (AvgIpc) is 3.06. The Hall–Kier alpha value is -0.890. The van der Waals surface area contributed by atoms with Gasteiger partial charge in [0.15, 0.2) is 0 Å². The summed E-state index contributed by atoms with van der Waals surface area (Å²) in [5, 5.41) is 0.0903. The maximum absolute atomic E-state index is 13.5. The molecule has 1 fully saturated rings. The number of carbonyl (C=O) groups is 1. The van der Waals surface area contributed by atoms with Crippen molar-refractivity contribution in [3.05, 3.63) is 34.6 Å². The van der Waals surface area contributed by atoms with Crippen LogP contribution in [0, 0.1) is 11.7 Å².